The average molecular weight is 425 g/mol. The van der Waals surface area contributed by atoms with Crippen LogP contribution in [-0.4, -0.2) is 6.61 Å². The molecule has 0 aliphatic heterocycles. The summed E-state index contributed by atoms with van der Waals surface area (Å²) in [5, 5.41) is 1.66. The number of hydrogen-bond acceptors (Lipinski definition) is 1. The van der Waals surface area contributed by atoms with E-state index in [2.05, 4.69) is 13.0 Å². The largest absolute Gasteiger partial charge is 0.494 e. The van der Waals surface area contributed by atoms with E-state index >= 15 is 4.39 Å². The van der Waals surface area contributed by atoms with Crippen molar-refractivity contribution in [2.45, 2.75) is 90.9 Å². The van der Waals surface area contributed by atoms with Crippen molar-refractivity contribution in [3.05, 3.63) is 41.7 Å². The highest BCUT2D eigenvalue weighted by Crippen LogP contribution is 2.43. The summed E-state index contributed by atoms with van der Waals surface area (Å²) >= 11 is 0. The van der Waals surface area contributed by atoms with Gasteiger partial charge in [0.05, 0.1) is 6.61 Å². The van der Waals surface area contributed by atoms with E-state index in [1.807, 2.05) is 31.2 Å². The summed E-state index contributed by atoms with van der Waals surface area (Å²) in [6, 6.07) is 9.76. The monoisotopic (exact) mass is 424 g/mol. The summed E-state index contributed by atoms with van der Waals surface area (Å²) in [5.74, 6) is 4.54. The van der Waals surface area contributed by atoms with Crippen LogP contribution < -0.4 is 4.74 Å². The van der Waals surface area contributed by atoms with Gasteiger partial charge in [-0.15, -0.1) is 0 Å². The molecule has 2 aromatic rings. The fourth-order valence-corrected chi connectivity index (χ4v) is 6.43. The first kappa shape index (κ1) is 22.6. The average Bonchev–Trinajstić information content (AvgIpc) is 2.80. The molecule has 2 heteroatoms. The third-order valence-electron chi connectivity index (χ3n) is 8.28. The van der Waals surface area contributed by atoms with Crippen molar-refractivity contribution in [2.24, 2.45) is 23.7 Å². The molecule has 0 radical (unpaired) electrons. The van der Waals surface area contributed by atoms with E-state index in [1.54, 1.807) is 0 Å². The quantitative estimate of drug-likeness (QED) is 0.411. The maximum atomic E-state index is 15.1. The Labute approximate surface area is 188 Å². The van der Waals surface area contributed by atoms with E-state index in [0.717, 1.165) is 58.6 Å². The summed E-state index contributed by atoms with van der Waals surface area (Å²) in [4.78, 5) is 0. The molecule has 0 atom stereocenters. The molecule has 0 N–H and O–H groups in total. The number of rotatable bonds is 8. The highest BCUT2D eigenvalue weighted by atomic mass is 19.1. The summed E-state index contributed by atoms with van der Waals surface area (Å²) in [5.41, 5.74) is 0.882. The third-order valence-corrected chi connectivity index (χ3v) is 8.28. The van der Waals surface area contributed by atoms with Gasteiger partial charge in [-0.3, -0.25) is 0 Å². The first-order valence-electron chi connectivity index (χ1n) is 13.0. The van der Waals surface area contributed by atoms with Gasteiger partial charge in [0.15, 0.2) is 0 Å². The smallest absolute Gasteiger partial charge is 0.134 e. The van der Waals surface area contributed by atoms with Crippen molar-refractivity contribution in [1.29, 1.82) is 0 Å². The Bertz CT molecular complexity index is 828. The Morgan fingerprint density at radius 1 is 0.806 bits per heavy atom. The van der Waals surface area contributed by atoms with Crippen LogP contribution >= 0.6 is 0 Å². The lowest BCUT2D eigenvalue weighted by molar-refractivity contribution is 0.141. The van der Waals surface area contributed by atoms with Crippen LogP contribution in [0.1, 0.15) is 90.0 Å². The van der Waals surface area contributed by atoms with Gasteiger partial charge in [-0.2, -0.15) is 0 Å². The van der Waals surface area contributed by atoms with Crippen LogP contribution in [0.2, 0.25) is 0 Å². The zero-order valence-electron chi connectivity index (χ0n) is 19.7. The first-order valence-corrected chi connectivity index (χ1v) is 13.0. The molecule has 1 nitrogen and oxygen atoms in total. The molecule has 2 aliphatic rings. The third kappa shape index (κ3) is 5.62. The van der Waals surface area contributed by atoms with Crippen molar-refractivity contribution in [1.82, 2.24) is 0 Å². The van der Waals surface area contributed by atoms with Crippen LogP contribution in [0.15, 0.2) is 30.3 Å². The van der Waals surface area contributed by atoms with Gasteiger partial charge in [-0.1, -0.05) is 57.6 Å². The molecular formula is C29H41FO. The van der Waals surface area contributed by atoms with Crippen molar-refractivity contribution in [3.63, 3.8) is 0 Å². The Balaban J connectivity index is 1.26. The zero-order valence-corrected chi connectivity index (χ0v) is 19.7. The van der Waals surface area contributed by atoms with E-state index in [9.17, 15) is 0 Å². The van der Waals surface area contributed by atoms with Gasteiger partial charge in [0.2, 0.25) is 0 Å². The lowest BCUT2D eigenvalue weighted by atomic mass is 9.68. The van der Waals surface area contributed by atoms with Gasteiger partial charge in [0.1, 0.15) is 11.6 Å². The Kier molecular flexibility index (Phi) is 7.91. The summed E-state index contributed by atoms with van der Waals surface area (Å²) in [7, 11) is 0. The molecule has 0 aromatic heterocycles. The molecule has 4 rings (SSSR count). The van der Waals surface area contributed by atoms with Crippen molar-refractivity contribution < 1.29 is 9.13 Å². The molecule has 0 unspecified atom stereocenters. The standard InChI is InChI=1S/C29H41FO/c1-3-5-21-6-11-23(12-7-21)24-13-8-22(9-14-24)10-15-25-16-17-26-20-27(31-4-2)18-19-28(26)29(25)30/h16-24H,3-15H2,1-2H3. The molecule has 0 heterocycles. The Morgan fingerprint density at radius 2 is 1.45 bits per heavy atom. The van der Waals surface area contributed by atoms with Gasteiger partial charge in [0, 0.05) is 5.39 Å². The van der Waals surface area contributed by atoms with Crippen LogP contribution in [0.4, 0.5) is 4.39 Å². The van der Waals surface area contributed by atoms with Crippen molar-refractivity contribution in [3.8, 4) is 5.75 Å². The molecule has 0 saturated heterocycles. The summed E-state index contributed by atoms with van der Waals surface area (Å²) in [6.07, 6.45) is 16.2. The van der Waals surface area contributed by atoms with E-state index in [4.69, 9.17) is 4.74 Å². The number of benzene rings is 2. The van der Waals surface area contributed by atoms with Crippen LogP contribution in [0, 0.1) is 29.5 Å². The van der Waals surface area contributed by atoms with E-state index < -0.39 is 0 Å². The fourth-order valence-electron chi connectivity index (χ4n) is 6.43. The molecule has 170 valence electrons. The molecule has 2 aromatic carbocycles. The van der Waals surface area contributed by atoms with Gasteiger partial charge in [-0.05, 0) is 98.3 Å². The maximum absolute atomic E-state index is 15.1. The lowest BCUT2D eigenvalue weighted by Crippen LogP contribution is -2.26. The number of fused-ring (bicyclic) bond motifs is 1. The molecule has 2 saturated carbocycles. The second-order valence-corrected chi connectivity index (χ2v) is 10.2. The second kappa shape index (κ2) is 10.8. The minimum atomic E-state index is -0.0296. The highest BCUT2D eigenvalue weighted by Gasteiger charge is 2.30. The van der Waals surface area contributed by atoms with Gasteiger partial charge >= 0.3 is 0 Å². The number of halogens is 1. The highest BCUT2D eigenvalue weighted by molar-refractivity contribution is 5.85. The SMILES string of the molecule is CCCC1CCC(C2CCC(CCc3ccc4cc(OCC)ccc4c3F)CC2)CC1. The summed E-state index contributed by atoms with van der Waals surface area (Å²) < 4.78 is 20.6. The van der Waals surface area contributed by atoms with E-state index in [1.165, 1.54) is 64.2 Å². The minimum Gasteiger partial charge on any atom is -0.494 e. The molecule has 0 spiro atoms. The summed E-state index contributed by atoms with van der Waals surface area (Å²) in [6.45, 7) is 4.93. The molecule has 2 fully saturated rings. The predicted octanol–water partition coefficient (Wildman–Crippen LogP) is 8.72. The van der Waals surface area contributed by atoms with Crippen molar-refractivity contribution >= 4 is 10.8 Å². The van der Waals surface area contributed by atoms with Crippen LogP contribution in [0.3, 0.4) is 0 Å². The first-order chi connectivity index (χ1) is 15.2. The minimum absolute atomic E-state index is 0.0296. The van der Waals surface area contributed by atoms with Gasteiger partial charge in [0.25, 0.3) is 0 Å². The number of ether oxygens (including phenoxy) is 1. The van der Waals surface area contributed by atoms with E-state index in [0.29, 0.717) is 6.61 Å². The van der Waals surface area contributed by atoms with Gasteiger partial charge < -0.3 is 4.74 Å². The van der Waals surface area contributed by atoms with Gasteiger partial charge in [-0.25, -0.2) is 4.39 Å². The Hall–Kier alpha value is -1.57. The topological polar surface area (TPSA) is 9.23 Å². The van der Waals surface area contributed by atoms with E-state index in [-0.39, 0.29) is 5.82 Å². The number of hydrogen-bond donors (Lipinski definition) is 0. The van der Waals surface area contributed by atoms with Crippen LogP contribution in [-0.2, 0) is 6.42 Å². The molecular weight excluding hydrogens is 383 g/mol. The zero-order chi connectivity index (χ0) is 21.6. The number of aryl methyl sites for hydroxylation is 1. The second-order valence-electron chi connectivity index (χ2n) is 10.2. The molecule has 0 amide bonds. The molecule has 0 bridgehead atoms. The van der Waals surface area contributed by atoms with Crippen molar-refractivity contribution in [2.75, 3.05) is 6.61 Å². The molecule has 31 heavy (non-hydrogen) atoms. The fraction of sp³-hybridized carbons (Fsp3) is 0.655. The molecule has 2 aliphatic carbocycles. The lowest BCUT2D eigenvalue weighted by Gasteiger charge is -2.38. The van der Waals surface area contributed by atoms with Crippen LogP contribution in [0.5, 0.6) is 5.75 Å². The normalized spacial score (nSPS) is 26.8. The van der Waals surface area contributed by atoms with Crippen LogP contribution in [0.25, 0.3) is 10.8 Å². The maximum Gasteiger partial charge on any atom is 0.134 e. The predicted molar refractivity (Wildman–Crippen MR) is 129 cm³/mol. The Morgan fingerprint density at radius 3 is 2.06 bits per heavy atom.